The van der Waals surface area contributed by atoms with E-state index in [0.29, 0.717) is 18.0 Å². The zero-order valence-corrected chi connectivity index (χ0v) is 18.5. The molecule has 5 heteroatoms. The van der Waals surface area contributed by atoms with Gasteiger partial charge in [-0.25, -0.2) is 0 Å². The molecule has 32 heavy (non-hydrogen) atoms. The van der Waals surface area contributed by atoms with Crippen LogP contribution in [-0.4, -0.2) is 29.0 Å². The summed E-state index contributed by atoms with van der Waals surface area (Å²) < 4.78 is 5.17. The van der Waals surface area contributed by atoms with E-state index in [9.17, 15) is 9.59 Å². The van der Waals surface area contributed by atoms with Gasteiger partial charge in [0, 0.05) is 17.8 Å². The van der Waals surface area contributed by atoms with Crippen molar-refractivity contribution in [1.29, 1.82) is 0 Å². The summed E-state index contributed by atoms with van der Waals surface area (Å²) in [5.41, 5.74) is 6.08. The third-order valence-corrected chi connectivity index (χ3v) is 7.14. The molecule has 2 heterocycles. The Morgan fingerprint density at radius 2 is 1.88 bits per heavy atom. The Labute approximate surface area is 188 Å². The Bertz CT molecular complexity index is 1200. The van der Waals surface area contributed by atoms with Gasteiger partial charge in [0.25, 0.3) is 5.56 Å². The molecule has 1 aliphatic carbocycles. The molecule has 0 radical (unpaired) electrons. The molecule has 3 aromatic rings. The fourth-order valence-corrected chi connectivity index (χ4v) is 5.48. The summed E-state index contributed by atoms with van der Waals surface area (Å²) in [6.07, 6.45) is 2.65. The number of hydrogen-bond acceptors (Lipinski definition) is 4. The van der Waals surface area contributed by atoms with Gasteiger partial charge in [-0.15, -0.1) is 0 Å². The van der Waals surface area contributed by atoms with Crippen molar-refractivity contribution in [1.82, 2.24) is 9.88 Å². The number of rotatable bonds is 4. The molecular weight excluding hydrogens is 400 g/mol. The standard InChI is InChI=1S/C27H28N2O3/c1-17-8-6-7-11-21(17)16-29-23(27(31)32-2)15-20-13-12-19-14-22(18-9-4-3-5-10-18)26(30)28-24(19)25(20)29/h3-11,14,20,23,25H,12-13,15-16H2,1-2H3,(H,28,30). The zero-order chi connectivity index (χ0) is 22.2. The van der Waals surface area contributed by atoms with E-state index >= 15 is 0 Å². The van der Waals surface area contributed by atoms with Gasteiger partial charge in [0.05, 0.1) is 13.2 Å². The lowest BCUT2D eigenvalue weighted by atomic mass is 9.82. The highest BCUT2D eigenvalue weighted by Crippen LogP contribution is 2.48. The second-order valence-corrected chi connectivity index (χ2v) is 8.93. The zero-order valence-electron chi connectivity index (χ0n) is 18.5. The minimum absolute atomic E-state index is 0.0000190. The second-order valence-electron chi connectivity index (χ2n) is 8.93. The number of aromatic nitrogens is 1. The number of benzene rings is 2. The van der Waals surface area contributed by atoms with Crippen LogP contribution in [-0.2, 0) is 22.5 Å². The Hall–Kier alpha value is -3.18. The summed E-state index contributed by atoms with van der Waals surface area (Å²) in [5, 5.41) is 0. The molecule has 0 amide bonds. The van der Waals surface area contributed by atoms with E-state index in [2.05, 4.69) is 35.0 Å². The maximum atomic E-state index is 13.1. The molecule has 0 bridgehead atoms. The van der Waals surface area contributed by atoms with Crippen molar-refractivity contribution < 1.29 is 9.53 Å². The molecule has 1 saturated heterocycles. The lowest BCUT2D eigenvalue weighted by molar-refractivity contribution is -0.146. The molecule has 3 unspecified atom stereocenters. The third-order valence-electron chi connectivity index (χ3n) is 7.14. The minimum Gasteiger partial charge on any atom is -0.468 e. The highest BCUT2D eigenvalue weighted by atomic mass is 16.5. The fraction of sp³-hybridized carbons (Fsp3) is 0.333. The number of nitrogens with one attached hydrogen (secondary N) is 1. The van der Waals surface area contributed by atoms with Gasteiger partial charge < -0.3 is 9.72 Å². The molecular formula is C27H28N2O3. The third kappa shape index (κ3) is 3.56. The van der Waals surface area contributed by atoms with E-state index < -0.39 is 0 Å². The molecule has 0 saturated carbocycles. The number of aromatic amines is 1. The van der Waals surface area contributed by atoms with Gasteiger partial charge in [-0.05, 0) is 60.4 Å². The van der Waals surface area contributed by atoms with Crippen LogP contribution in [0.3, 0.4) is 0 Å². The van der Waals surface area contributed by atoms with E-state index in [1.165, 1.54) is 23.8 Å². The first kappa shape index (κ1) is 20.7. The summed E-state index contributed by atoms with van der Waals surface area (Å²) >= 11 is 0. The number of carbonyl (C=O) groups is 1. The van der Waals surface area contributed by atoms with Crippen molar-refractivity contribution in [3.8, 4) is 11.1 Å². The number of carbonyl (C=O) groups excluding carboxylic acids is 1. The summed E-state index contributed by atoms with van der Waals surface area (Å²) in [5.74, 6) is 0.117. The van der Waals surface area contributed by atoms with Crippen molar-refractivity contribution in [3.63, 3.8) is 0 Å². The van der Waals surface area contributed by atoms with Crippen LogP contribution in [0.25, 0.3) is 11.1 Å². The number of fused-ring (bicyclic) bond motifs is 3. The number of likely N-dealkylation sites (tertiary alicyclic amines) is 1. The largest absolute Gasteiger partial charge is 0.468 e. The number of H-pyrrole nitrogens is 1. The van der Waals surface area contributed by atoms with Crippen molar-refractivity contribution in [2.24, 2.45) is 5.92 Å². The van der Waals surface area contributed by atoms with Gasteiger partial charge in [0.15, 0.2) is 0 Å². The predicted octanol–water partition coefficient (Wildman–Crippen LogP) is 4.40. The van der Waals surface area contributed by atoms with Crippen molar-refractivity contribution in [2.75, 3.05) is 7.11 Å². The smallest absolute Gasteiger partial charge is 0.323 e. The van der Waals surface area contributed by atoms with Gasteiger partial charge in [-0.1, -0.05) is 54.6 Å². The van der Waals surface area contributed by atoms with Gasteiger partial charge in [0.1, 0.15) is 6.04 Å². The van der Waals surface area contributed by atoms with Crippen LogP contribution in [0.4, 0.5) is 0 Å². The molecule has 0 spiro atoms. The van der Waals surface area contributed by atoms with Crippen LogP contribution in [0.1, 0.15) is 41.3 Å². The quantitative estimate of drug-likeness (QED) is 0.626. The van der Waals surface area contributed by atoms with Crippen molar-refractivity contribution >= 4 is 5.97 Å². The van der Waals surface area contributed by atoms with E-state index in [1.54, 1.807) is 0 Å². The fourth-order valence-electron chi connectivity index (χ4n) is 5.48. The highest BCUT2D eigenvalue weighted by Gasteiger charge is 2.48. The van der Waals surface area contributed by atoms with Crippen LogP contribution in [0.2, 0.25) is 0 Å². The number of hydrogen-bond donors (Lipinski definition) is 1. The van der Waals surface area contributed by atoms with Crippen LogP contribution in [0.15, 0.2) is 65.5 Å². The van der Waals surface area contributed by atoms with Crippen LogP contribution in [0.5, 0.6) is 0 Å². The first-order valence-corrected chi connectivity index (χ1v) is 11.3. The topological polar surface area (TPSA) is 62.4 Å². The average molecular weight is 429 g/mol. The summed E-state index contributed by atoms with van der Waals surface area (Å²) in [4.78, 5) is 31.3. The van der Waals surface area contributed by atoms with E-state index in [0.717, 1.165) is 30.5 Å². The normalized spacial score (nSPS) is 22.2. The molecule has 1 N–H and O–H groups in total. The van der Waals surface area contributed by atoms with Crippen LogP contribution >= 0.6 is 0 Å². The molecule has 2 aromatic carbocycles. The number of ether oxygens (including phenoxy) is 1. The van der Waals surface area contributed by atoms with E-state index in [1.807, 2.05) is 42.5 Å². The first-order valence-electron chi connectivity index (χ1n) is 11.3. The average Bonchev–Trinajstić information content (AvgIpc) is 3.19. The molecule has 5 rings (SSSR count). The Kier molecular flexibility index (Phi) is 5.43. The minimum atomic E-state index is -0.308. The van der Waals surface area contributed by atoms with Crippen LogP contribution in [0, 0.1) is 12.8 Å². The first-order chi connectivity index (χ1) is 15.6. The Balaban J connectivity index is 1.58. The molecule has 1 aliphatic heterocycles. The number of aryl methyl sites for hydroxylation is 2. The van der Waals surface area contributed by atoms with E-state index in [4.69, 9.17) is 4.74 Å². The summed E-state index contributed by atoms with van der Waals surface area (Å²) in [6.45, 7) is 2.74. The molecule has 1 aromatic heterocycles. The number of methoxy groups -OCH3 is 1. The van der Waals surface area contributed by atoms with E-state index in [-0.39, 0.29) is 23.6 Å². The van der Waals surface area contributed by atoms with Gasteiger partial charge in [0.2, 0.25) is 0 Å². The SMILES string of the molecule is COC(=O)C1CC2CCc3cc(-c4ccccc4)c(=O)[nH]c3C2N1Cc1ccccc1C. The molecule has 2 aliphatic rings. The Morgan fingerprint density at radius 1 is 1.12 bits per heavy atom. The van der Waals surface area contributed by atoms with Gasteiger partial charge >= 0.3 is 5.97 Å². The Morgan fingerprint density at radius 3 is 2.62 bits per heavy atom. The monoisotopic (exact) mass is 428 g/mol. The summed E-state index contributed by atoms with van der Waals surface area (Å²) in [6, 6.07) is 19.8. The maximum absolute atomic E-state index is 13.1. The van der Waals surface area contributed by atoms with Gasteiger partial charge in [-0.2, -0.15) is 0 Å². The second kappa shape index (κ2) is 8.40. The molecule has 164 valence electrons. The number of nitrogens with zero attached hydrogens (tertiary/aromatic N) is 1. The van der Waals surface area contributed by atoms with Crippen molar-refractivity contribution in [2.45, 2.75) is 44.8 Å². The molecule has 3 atom stereocenters. The highest BCUT2D eigenvalue weighted by molar-refractivity contribution is 5.76. The summed E-state index contributed by atoms with van der Waals surface area (Å²) in [7, 11) is 1.46. The van der Waals surface area contributed by atoms with Crippen molar-refractivity contribution in [3.05, 3.63) is 93.4 Å². The number of esters is 1. The lowest BCUT2D eigenvalue weighted by Gasteiger charge is -2.35. The number of pyridine rings is 1. The lowest BCUT2D eigenvalue weighted by Crippen LogP contribution is -2.39. The molecule has 5 nitrogen and oxygen atoms in total. The van der Waals surface area contributed by atoms with Gasteiger partial charge in [-0.3, -0.25) is 14.5 Å². The predicted molar refractivity (Wildman–Crippen MR) is 124 cm³/mol. The molecule has 1 fully saturated rings. The van der Waals surface area contributed by atoms with Crippen LogP contribution < -0.4 is 5.56 Å². The maximum Gasteiger partial charge on any atom is 0.323 e.